The van der Waals surface area contributed by atoms with Crippen LogP contribution in [0.25, 0.3) is 5.69 Å². The molecular weight excluding hydrogens is 334 g/mol. The van der Waals surface area contributed by atoms with Crippen LogP contribution in [-0.4, -0.2) is 39.3 Å². The van der Waals surface area contributed by atoms with Gasteiger partial charge in [-0.25, -0.2) is 9.48 Å². The highest BCUT2D eigenvalue weighted by Crippen LogP contribution is 2.29. The molecule has 0 amide bonds. The Morgan fingerprint density at radius 2 is 1.92 bits per heavy atom. The van der Waals surface area contributed by atoms with Crippen molar-refractivity contribution in [1.82, 2.24) is 9.78 Å². The van der Waals surface area contributed by atoms with Crippen molar-refractivity contribution in [3.63, 3.8) is 0 Å². The normalized spacial score (nSPS) is 11.0. The lowest BCUT2D eigenvalue weighted by Crippen LogP contribution is -2.00. The molecule has 0 aliphatic rings. The number of para-hydroxylation sites is 1. The lowest BCUT2D eigenvalue weighted by atomic mass is 10.2. The maximum Gasteiger partial charge on any atom is 0.337 e. The van der Waals surface area contributed by atoms with E-state index in [-0.39, 0.29) is 22.9 Å². The van der Waals surface area contributed by atoms with Crippen molar-refractivity contribution in [3.05, 3.63) is 65.4 Å². The molecule has 2 N–H and O–H groups in total. The van der Waals surface area contributed by atoms with Gasteiger partial charge in [-0.3, -0.25) is 4.99 Å². The molecule has 1 aromatic heterocycles. The van der Waals surface area contributed by atoms with Gasteiger partial charge in [-0.2, -0.15) is 5.10 Å². The van der Waals surface area contributed by atoms with Gasteiger partial charge in [0.2, 0.25) is 5.88 Å². The van der Waals surface area contributed by atoms with Crippen LogP contribution < -0.4 is 0 Å². The molecule has 0 unspecified atom stereocenters. The molecule has 0 bridgehead atoms. The van der Waals surface area contributed by atoms with Crippen LogP contribution in [0.15, 0.2) is 53.5 Å². The highest BCUT2D eigenvalue weighted by Gasteiger charge is 2.14. The van der Waals surface area contributed by atoms with E-state index in [9.17, 15) is 15.0 Å². The summed E-state index contributed by atoms with van der Waals surface area (Å²) in [5.41, 5.74) is 2.14. The molecule has 0 fully saturated rings. The van der Waals surface area contributed by atoms with E-state index in [1.165, 1.54) is 36.2 Å². The number of nitrogens with zero attached hydrogens (tertiary/aromatic N) is 3. The number of carbonyl (C=O) groups is 1. The highest BCUT2D eigenvalue weighted by molar-refractivity contribution is 5.92. The van der Waals surface area contributed by atoms with Gasteiger partial charge in [0, 0.05) is 6.21 Å². The van der Waals surface area contributed by atoms with Crippen LogP contribution in [0.3, 0.4) is 0 Å². The first-order chi connectivity index (χ1) is 12.5. The third-order valence-corrected chi connectivity index (χ3v) is 3.81. The van der Waals surface area contributed by atoms with Gasteiger partial charge in [-0.15, -0.1) is 0 Å². The highest BCUT2D eigenvalue weighted by atomic mass is 16.5. The van der Waals surface area contributed by atoms with Gasteiger partial charge >= 0.3 is 5.97 Å². The number of aryl methyl sites for hydroxylation is 1. The summed E-state index contributed by atoms with van der Waals surface area (Å²) in [5.74, 6) is -0.695. The molecule has 3 aromatic rings. The van der Waals surface area contributed by atoms with E-state index in [0.29, 0.717) is 16.9 Å². The summed E-state index contributed by atoms with van der Waals surface area (Å²) in [7, 11) is 1.28. The first-order valence-corrected chi connectivity index (χ1v) is 7.80. The maximum atomic E-state index is 11.6. The van der Waals surface area contributed by atoms with Gasteiger partial charge in [0.1, 0.15) is 11.4 Å². The van der Waals surface area contributed by atoms with Crippen LogP contribution in [0.4, 0.5) is 5.69 Å². The third-order valence-electron chi connectivity index (χ3n) is 3.81. The molecule has 26 heavy (non-hydrogen) atoms. The monoisotopic (exact) mass is 351 g/mol. The minimum absolute atomic E-state index is 0.0685. The summed E-state index contributed by atoms with van der Waals surface area (Å²) in [5, 5.41) is 24.7. The second-order valence-electron chi connectivity index (χ2n) is 5.52. The lowest BCUT2D eigenvalue weighted by molar-refractivity contribution is 0.0600. The second kappa shape index (κ2) is 7.10. The number of carbonyl (C=O) groups excluding carboxylic acids is 1. The number of methoxy groups -OCH3 is 1. The molecule has 2 aromatic carbocycles. The Labute approximate surface area is 149 Å². The zero-order valence-corrected chi connectivity index (χ0v) is 14.2. The number of hydrogen-bond donors (Lipinski definition) is 2. The molecule has 132 valence electrons. The number of phenolic OH excluding ortho intramolecular Hbond substituents is 1. The van der Waals surface area contributed by atoms with Gasteiger partial charge in [0.15, 0.2) is 0 Å². The molecule has 3 rings (SSSR count). The van der Waals surface area contributed by atoms with Crippen molar-refractivity contribution >= 4 is 17.9 Å². The Balaban J connectivity index is 1.97. The minimum atomic E-state index is -0.530. The molecule has 7 heteroatoms. The Kier molecular flexibility index (Phi) is 4.70. The smallest absolute Gasteiger partial charge is 0.337 e. The fourth-order valence-electron chi connectivity index (χ4n) is 2.43. The zero-order valence-electron chi connectivity index (χ0n) is 14.2. The average Bonchev–Trinajstić information content (AvgIpc) is 2.95. The Morgan fingerprint density at radius 3 is 2.62 bits per heavy atom. The van der Waals surface area contributed by atoms with Crippen LogP contribution in [0.1, 0.15) is 21.6 Å². The summed E-state index contributed by atoms with van der Waals surface area (Å²) in [6, 6.07) is 13.4. The van der Waals surface area contributed by atoms with Crippen LogP contribution in [0.5, 0.6) is 11.6 Å². The SMILES string of the molecule is COC(=O)c1ccc(O)c(/N=C/c2c(C)nn(-c3ccccc3)c2O)c1. The van der Waals surface area contributed by atoms with Crippen molar-refractivity contribution in [3.8, 4) is 17.3 Å². The molecule has 0 aliphatic carbocycles. The fourth-order valence-corrected chi connectivity index (χ4v) is 2.43. The predicted octanol–water partition coefficient (Wildman–Crippen LogP) is 3.13. The molecule has 1 heterocycles. The van der Waals surface area contributed by atoms with E-state index in [2.05, 4.69) is 14.8 Å². The Hall–Kier alpha value is -3.61. The minimum Gasteiger partial charge on any atom is -0.506 e. The number of ether oxygens (including phenoxy) is 1. The number of rotatable bonds is 4. The first kappa shape index (κ1) is 17.2. The van der Waals surface area contributed by atoms with Crippen molar-refractivity contribution in [2.24, 2.45) is 4.99 Å². The summed E-state index contributed by atoms with van der Waals surface area (Å²) in [4.78, 5) is 15.8. The summed E-state index contributed by atoms with van der Waals surface area (Å²) in [6.45, 7) is 1.74. The molecule has 0 saturated carbocycles. The summed E-state index contributed by atoms with van der Waals surface area (Å²) in [6.07, 6.45) is 1.40. The van der Waals surface area contributed by atoms with E-state index < -0.39 is 5.97 Å². The Bertz CT molecular complexity index is 978. The number of esters is 1. The standard InChI is InChI=1S/C19H17N3O4/c1-12-15(18(24)22(21-12)14-6-4-3-5-7-14)11-20-16-10-13(19(25)26-2)8-9-17(16)23/h3-11,23-24H,1-2H3/b20-11+. The first-order valence-electron chi connectivity index (χ1n) is 7.80. The van der Waals surface area contributed by atoms with Gasteiger partial charge in [0.05, 0.1) is 29.6 Å². The molecule has 0 saturated heterocycles. The number of benzene rings is 2. The predicted molar refractivity (Wildman–Crippen MR) is 96.7 cm³/mol. The van der Waals surface area contributed by atoms with E-state index in [1.807, 2.05) is 30.3 Å². The van der Waals surface area contributed by atoms with E-state index in [1.54, 1.807) is 6.92 Å². The number of hydrogen-bond acceptors (Lipinski definition) is 6. The molecule has 0 radical (unpaired) electrons. The quantitative estimate of drug-likeness (QED) is 0.556. The van der Waals surface area contributed by atoms with Crippen molar-refractivity contribution in [2.45, 2.75) is 6.92 Å². The molecule has 0 spiro atoms. The van der Waals surface area contributed by atoms with Crippen molar-refractivity contribution in [2.75, 3.05) is 7.11 Å². The number of aliphatic imine (C=N–C) groups is 1. The van der Waals surface area contributed by atoms with Crippen LogP contribution in [0.2, 0.25) is 0 Å². The number of phenols is 1. The number of aromatic nitrogens is 2. The van der Waals surface area contributed by atoms with Crippen LogP contribution >= 0.6 is 0 Å². The Morgan fingerprint density at radius 1 is 1.19 bits per heavy atom. The largest absolute Gasteiger partial charge is 0.506 e. The van der Waals surface area contributed by atoms with E-state index in [4.69, 9.17) is 0 Å². The molecule has 0 aliphatic heterocycles. The molecule has 0 atom stereocenters. The average molecular weight is 351 g/mol. The molecule has 7 nitrogen and oxygen atoms in total. The van der Waals surface area contributed by atoms with Crippen molar-refractivity contribution in [1.29, 1.82) is 0 Å². The summed E-state index contributed by atoms with van der Waals surface area (Å²) >= 11 is 0. The second-order valence-corrected chi connectivity index (χ2v) is 5.52. The summed E-state index contributed by atoms with van der Waals surface area (Å²) < 4.78 is 6.06. The number of aromatic hydroxyl groups is 2. The van der Waals surface area contributed by atoms with Gasteiger partial charge in [-0.05, 0) is 37.3 Å². The van der Waals surface area contributed by atoms with E-state index >= 15 is 0 Å². The van der Waals surface area contributed by atoms with Crippen molar-refractivity contribution < 1.29 is 19.7 Å². The maximum absolute atomic E-state index is 11.6. The zero-order chi connectivity index (χ0) is 18.7. The molecular formula is C19H17N3O4. The lowest BCUT2D eigenvalue weighted by Gasteiger charge is -2.03. The van der Waals surface area contributed by atoms with Gasteiger partial charge in [-0.1, -0.05) is 18.2 Å². The van der Waals surface area contributed by atoms with Gasteiger partial charge < -0.3 is 14.9 Å². The third kappa shape index (κ3) is 3.27. The fraction of sp³-hybridized carbons (Fsp3) is 0.105. The van der Waals surface area contributed by atoms with Crippen LogP contribution in [-0.2, 0) is 4.74 Å². The topological polar surface area (TPSA) is 96.9 Å². The van der Waals surface area contributed by atoms with Crippen LogP contribution in [0, 0.1) is 6.92 Å². The van der Waals surface area contributed by atoms with E-state index in [0.717, 1.165) is 0 Å². The van der Waals surface area contributed by atoms with Gasteiger partial charge in [0.25, 0.3) is 0 Å².